The van der Waals surface area contributed by atoms with Crippen LogP contribution in [0.25, 0.3) is 0 Å². The Morgan fingerprint density at radius 3 is 2.82 bits per heavy atom. The highest BCUT2D eigenvalue weighted by atomic mass is 19.1. The molecule has 0 aliphatic carbocycles. The largest absolute Gasteiger partial charge is 0.467 e. The van der Waals surface area contributed by atoms with Crippen molar-refractivity contribution in [1.29, 1.82) is 5.26 Å². The molecule has 0 saturated carbocycles. The summed E-state index contributed by atoms with van der Waals surface area (Å²) in [6.07, 6.45) is 1.57. The van der Waals surface area contributed by atoms with E-state index < -0.39 is 5.82 Å². The zero-order chi connectivity index (χ0) is 12.3. The second kappa shape index (κ2) is 4.71. The second-order valence-electron chi connectivity index (χ2n) is 3.69. The minimum atomic E-state index is -0.442. The van der Waals surface area contributed by atoms with Gasteiger partial charge in [0, 0.05) is 0 Å². The van der Waals surface area contributed by atoms with Gasteiger partial charge in [-0.25, -0.2) is 4.39 Å². The predicted octanol–water partition coefficient (Wildman–Crippen LogP) is 3.46. The van der Waals surface area contributed by atoms with Gasteiger partial charge in [0.15, 0.2) is 0 Å². The molecule has 2 rings (SSSR count). The van der Waals surface area contributed by atoms with Gasteiger partial charge in [-0.05, 0) is 37.3 Å². The number of nitrogens with zero attached hydrogens (tertiary/aromatic N) is 1. The quantitative estimate of drug-likeness (QED) is 0.878. The summed E-state index contributed by atoms with van der Waals surface area (Å²) < 4.78 is 18.8. The number of anilines is 1. The molecular weight excluding hydrogens is 219 g/mol. The molecule has 1 unspecified atom stereocenters. The molecule has 0 bridgehead atoms. The molecule has 0 fully saturated rings. The van der Waals surface area contributed by atoms with Crippen LogP contribution in [0.4, 0.5) is 10.1 Å². The summed E-state index contributed by atoms with van der Waals surface area (Å²) in [6, 6.07) is 9.68. The molecular formula is C13H11FN2O. The number of benzene rings is 1. The minimum Gasteiger partial charge on any atom is -0.467 e. The molecule has 0 aliphatic heterocycles. The first-order chi connectivity index (χ1) is 8.20. The summed E-state index contributed by atoms with van der Waals surface area (Å²) in [5.41, 5.74) is 0.659. The first kappa shape index (κ1) is 11.2. The van der Waals surface area contributed by atoms with E-state index in [1.54, 1.807) is 24.5 Å². The van der Waals surface area contributed by atoms with Crippen LogP contribution >= 0.6 is 0 Å². The molecule has 4 heteroatoms. The number of nitriles is 1. The van der Waals surface area contributed by atoms with Crippen molar-refractivity contribution in [2.45, 2.75) is 13.0 Å². The smallest absolute Gasteiger partial charge is 0.147 e. The molecule has 0 spiro atoms. The maximum atomic E-state index is 13.6. The number of nitrogens with one attached hydrogen (secondary N) is 1. The Kier molecular flexibility index (Phi) is 3.10. The Morgan fingerprint density at radius 2 is 2.24 bits per heavy atom. The van der Waals surface area contributed by atoms with Crippen molar-refractivity contribution < 1.29 is 8.81 Å². The fourth-order valence-electron chi connectivity index (χ4n) is 1.54. The Bertz CT molecular complexity index is 543. The van der Waals surface area contributed by atoms with Crippen LogP contribution in [0.5, 0.6) is 0 Å². The number of rotatable bonds is 3. The maximum Gasteiger partial charge on any atom is 0.147 e. The monoisotopic (exact) mass is 230 g/mol. The highest BCUT2D eigenvalue weighted by Gasteiger charge is 2.10. The number of halogens is 1. The lowest BCUT2D eigenvalue weighted by Crippen LogP contribution is -2.07. The van der Waals surface area contributed by atoms with E-state index in [0.29, 0.717) is 11.3 Å². The van der Waals surface area contributed by atoms with Crippen molar-refractivity contribution in [2.24, 2.45) is 0 Å². The second-order valence-corrected chi connectivity index (χ2v) is 3.69. The van der Waals surface area contributed by atoms with Crippen LogP contribution < -0.4 is 5.32 Å². The first-order valence-corrected chi connectivity index (χ1v) is 5.20. The predicted molar refractivity (Wildman–Crippen MR) is 61.9 cm³/mol. The number of hydrogen-bond acceptors (Lipinski definition) is 3. The Balaban J connectivity index is 2.17. The Morgan fingerprint density at radius 1 is 1.41 bits per heavy atom. The molecule has 1 N–H and O–H groups in total. The number of hydrogen-bond donors (Lipinski definition) is 1. The van der Waals surface area contributed by atoms with Crippen LogP contribution in [0.3, 0.4) is 0 Å². The van der Waals surface area contributed by atoms with E-state index in [1.807, 2.05) is 19.1 Å². The van der Waals surface area contributed by atoms with Crippen molar-refractivity contribution in [3.8, 4) is 6.07 Å². The third-order valence-electron chi connectivity index (χ3n) is 2.44. The van der Waals surface area contributed by atoms with E-state index in [0.717, 1.165) is 5.76 Å². The number of furan rings is 1. The fourth-order valence-corrected chi connectivity index (χ4v) is 1.54. The van der Waals surface area contributed by atoms with Gasteiger partial charge in [-0.2, -0.15) is 5.26 Å². The standard InChI is InChI=1S/C13H11FN2O/c1-9(13-3-2-6-17-13)16-12-5-4-10(8-15)7-11(12)14/h2-7,9,16H,1H3. The van der Waals surface area contributed by atoms with E-state index in [9.17, 15) is 4.39 Å². The zero-order valence-corrected chi connectivity index (χ0v) is 9.27. The molecule has 1 heterocycles. The molecule has 0 amide bonds. The molecule has 3 nitrogen and oxygen atoms in total. The average molecular weight is 230 g/mol. The lowest BCUT2D eigenvalue weighted by molar-refractivity contribution is 0.489. The summed E-state index contributed by atoms with van der Waals surface area (Å²) in [6.45, 7) is 1.87. The summed E-state index contributed by atoms with van der Waals surface area (Å²) in [4.78, 5) is 0. The van der Waals surface area contributed by atoms with Gasteiger partial charge in [-0.3, -0.25) is 0 Å². The van der Waals surface area contributed by atoms with E-state index in [4.69, 9.17) is 9.68 Å². The first-order valence-electron chi connectivity index (χ1n) is 5.20. The van der Waals surface area contributed by atoms with Gasteiger partial charge in [0.2, 0.25) is 0 Å². The van der Waals surface area contributed by atoms with Gasteiger partial charge in [-0.1, -0.05) is 0 Å². The van der Waals surface area contributed by atoms with Crippen LogP contribution in [-0.2, 0) is 0 Å². The third-order valence-corrected chi connectivity index (χ3v) is 2.44. The van der Waals surface area contributed by atoms with Gasteiger partial charge in [0.1, 0.15) is 11.6 Å². The normalized spacial score (nSPS) is 11.8. The zero-order valence-electron chi connectivity index (χ0n) is 9.27. The van der Waals surface area contributed by atoms with Crippen LogP contribution in [-0.4, -0.2) is 0 Å². The maximum absolute atomic E-state index is 13.6. The molecule has 17 heavy (non-hydrogen) atoms. The average Bonchev–Trinajstić information content (AvgIpc) is 2.85. The molecule has 1 atom stereocenters. The topological polar surface area (TPSA) is 49.0 Å². The van der Waals surface area contributed by atoms with Gasteiger partial charge in [-0.15, -0.1) is 0 Å². The minimum absolute atomic E-state index is 0.132. The van der Waals surface area contributed by atoms with E-state index in [2.05, 4.69) is 5.32 Å². The van der Waals surface area contributed by atoms with Gasteiger partial charge in [0.25, 0.3) is 0 Å². The lowest BCUT2D eigenvalue weighted by Gasteiger charge is -2.13. The van der Waals surface area contributed by atoms with Crippen molar-refractivity contribution >= 4 is 5.69 Å². The van der Waals surface area contributed by atoms with Gasteiger partial charge < -0.3 is 9.73 Å². The van der Waals surface area contributed by atoms with Crippen LogP contribution in [0, 0.1) is 17.1 Å². The molecule has 1 aromatic carbocycles. The van der Waals surface area contributed by atoms with Gasteiger partial charge in [0.05, 0.1) is 29.6 Å². The van der Waals surface area contributed by atoms with E-state index >= 15 is 0 Å². The van der Waals surface area contributed by atoms with E-state index in [1.165, 1.54) is 6.07 Å². The molecule has 1 aromatic heterocycles. The Hall–Kier alpha value is -2.28. The Labute approximate surface area is 98.5 Å². The third kappa shape index (κ3) is 2.45. The van der Waals surface area contributed by atoms with E-state index in [-0.39, 0.29) is 6.04 Å². The molecule has 0 radical (unpaired) electrons. The van der Waals surface area contributed by atoms with Crippen molar-refractivity contribution in [2.75, 3.05) is 5.32 Å². The van der Waals surface area contributed by atoms with Crippen LogP contribution in [0.15, 0.2) is 41.0 Å². The highest BCUT2D eigenvalue weighted by Crippen LogP contribution is 2.22. The van der Waals surface area contributed by atoms with Crippen LogP contribution in [0.1, 0.15) is 24.3 Å². The van der Waals surface area contributed by atoms with Crippen molar-refractivity contribution in [1.82, 2.24) is 0 Å². The fraction of sp³-hybridized carbons (Fsp3) is 0.154. The summed E-state index contributed by atoms with van der Waals surface area (Å²) in [5, 5.41) is 11.6. The molecule has 0 aliphatic rings. The molecule has 2 aromatic rings. The summed E-state index contributed by atoms with van der Waals surface area (Å²) in [5.74, 6) is 0.288. The van der Waals surface area contributed by atoms with Gasteiger partial charge >= 0.3 is 0 Å². The molecule has 0 saturated heterocycles. The van der Waals surface area contributed by atoms with Crippen LogP contribution in [0.2, 0.25) is 0 Å². The molecule has 86 valence electrons. The highest BCUT2D eigenvalue weighted by molar-refractivity contribution is 5.49. The lowest BCUT2D eigenvalue weighted by atomic mass is 10.2. The summed E-state index contributed by atoms with van der Waals surface area (Å²) in [7, 11) is 0. The van der Waals surface area contributed by atoms with Crippen molar-refractivity contribution in [3.05, 3.63) is 53.7 Å². The SMILES string of the molecule is CC(Nc1ccc(C#N)cc1F)c1ccco1. The van der Waals surface area contributed by atoms with Crippen molar-refractivity contribution in [3.63, 3.8) is 0 Å². The summed E-state index contributed by atoms with van der Waals surface area (Å²) >= 11 is 0.